The highest BCUT2D eigenvalue weighted by molar-refractivity contribution is 6.08. The first-order valence-corrected chi connectivity index (χ1v) is 9.65. The number of benzene rings is 2. The lowest BCUT2D eigenvalue weighted by atomic mass is 10.1. The Bertz CT molecular complexity index is 937. The highest BCUT2D eigenvalue weighted by Crippen LogP contribution is 2.38. The molecule has 0 atom stereocenters. The Morgan fingerprint density at radius 2 is 1.56 bits per heavy atom. The molecule has 2 amide bonds. The smallest absolute Gasteiger partial charge is 0.251 e. The minimum Gasteiger partial charge on any atom is -0.493 e. The maximum Gasteiger partial charge on any atom is 0.251 e. The number of ether oxygens (including phenoxy) is 3. The van der Waals surface area contributed by atoms with Crippen molar-refractivity contribution in [2.45, 2.75) is 0 Å². The van der Waals surface area contributed by atoms with E-state index in [-0.39, 0.29) is 23.9 Å². The number of nitrogens with zero attached hydrogens (tertiary/aromatic N) is 2. The van der Waals surface area contributed by atoms with Crippen LogP contribution < -0.4 is 24.8 Å². The number of para-hydroxylation sites is 1. The van der Waals surface area contributed by atoms with Gasteiger partial charge in [-0.15, -0.1) is 12.4 Å². The van der Waals surface area contributed by atoms with Crippen molar-refractivity contribution >= 4 is 36.0 Å². The van der Waals surface area contributed by atoms with Crippen molar-refractivity contribution < 1.29 is 23.8 Å². The van der Waals surface area contributed by atoms with E-state index in [0.717, 1.165) is 0 Å². The van der Waals surface area contributed by atoms with Crippen LogP contribution in [0, 0.1) is 0 Å². The van der Waals surface area contributed by atoms with Gasteiger partial charge in [-0.2, -0.15) is 0 Å². The third-order valence-electron chi connectivity index (χ3n) is 4.60. The maximum absolute atomic E-state index is 13.1. The van der Waals surface area contributed by atoms with Crippen LogP contribution in [0.1, 0.15) is 15.9 Å². The third-order valence-corrected chi connectivity index (χ3v) is 4.60. The van der Waals surface area contributed by atoms with E-state index in [1.165, 1.54) is 32.3 Å². The summed E-state index contributed by atoms with van der Waals surface area (Å²) in [5, 5.41) is 0. The minimum atomic E-state index is -0.591. The van der Waals surface area contributed by atoms with Crippen LogP contribution in [0.4, 0.5) is 5.69 Å². The van der Waals surface area contributed by atoms with E-state index in [4.69, 9.17) is 19.9 Å². The Balaban J connectivity index is 0.00000512. The van der Waals surface area contributed by atoms with Crippen LogP contribution in [0.5, 0.6) is 17.2 Å². The van der Waals surface area contributed by atoms with Gasteiger partial charge in [-0.1, -0.05) is 12.1 Å². The van der Waals surface area contributed by atoms with Gasteiger partial charge >= 0.3 is 0 Å². The lowest BCUT2D eigenvalue weighted by molar-refractivity contribution is -0.114. The summed E-state index contributed by atoms with van der Waals surface area (Å²) in [7, 11) is 8.40. The fourth-order valence-electron chi connectivity index (χ4n) is 3.02. The Morgan fingerprint density at radius 1 is 0.969 bits per heavy atom. The summed E-state index contributed by atoms with van der Waals surface area (Å²) in [5.41, 5.74) is 6.97. The molecule has 0 fully saturated rings. The predicted octanol–water partition coefficient (Wildman–Crippen LogP) is 2.84. The molecule has 0 unspecified atom stereocenters. The predicted molar refractivity (Wildman–Crippen MR) is 128 cm³/mol. The third kappa shape index (κ3) is 6.63. The van der Waals surface area contributed by atoms with E-state index >= 15 is 0 Å². The lowest BCUT2D eigenvalue weighted by Gasteiger charge is -2.25. The number of hydrogen-bond acceptors (Lipinski definition) is 6. The molecule has 2 aromatic rings. The Labute approximate surface area is 194 Å². The molecule has 9 heteroatoms. The van der Waals surface area contributed by atoms with Gasteiger partial charge in [0.1, 0.15) is 0 Å². The monoisotopic (exact) mass is 463 g/mol. The van der Waals surface area contributed by atoms with E-state index in [9.17, 15) is 9.59 Å². The second-order valence-corrected chi connectivity index (χ2v) is 6.97. The van der Waals surface area contributed by atoms with Crippen LogP contribution in [0.25, 0.3) is 6.08 Å². The zero-order chi connectivity index (χ0) is 23.0. The molecule has 0 aliphatic heterocycles. The lowest BCUT2D eigenvalue weighted by Crippen LogP contribution is -2.37. The zero-order valence-corrected chi connectivity index (χ0v) is 19.8. The molecule has 2 aromatic carbocycles. The topological polar surface area (TPSA) is 94.3 Å². The largest absolute Gasteiger partial charge is 0.493 e. The molecule has 0 radical (unpaired) electrons. The fourth-order valence-corrected chi connectivity index (χ4v) is 3.02. The normalized spacial score (nSPS) is 10.6. The summed E-state index contributed by atoms with van der Waals surface area (Å²) in [6, 6.07) is 10.3. The van der Waals surface area contributed by atoms with Crippen LogP contribution in [0.15, 0.2) is 42.5 Å². The summed E-state index contributed by atoms with van der Waals surface area (Å²) in [5.74, 6) is 0.558. The highest BCUT2D eigenvalue weighted by atomic mass is 35.5. The van der Waals surface area contributed by atoms with E-state index in [1.54, 1.807) is 42.5 Å². The number of primary amides is 1. The second-order valence-electron chi connectivity index (χ2n) is 6.97. The van der Waals surface area contributed by atoms with Crippen LogP contribution >= 0.6 is 12.4 Å². The average molecular weight is 464 g/mol. The number of rotatable bonds is 10. The van der Waals surface area contributed by atoms with Crippen molar-refractivity contribution in [3.63, 3.8) is 0 Å². The SMILES string of the molecule is COc1cc(/C=C/C(=O)N(CCN(C)C)c2ccccc2C(N)=O)cc(OC)c1OC.Cl. The van der Waals surface area contributed by atoms with Crippen LogP contribution in [0.2, 0.25) is 0 Å². The Hall–Kier alpha value is -3.23. The van der Waals surface area contributed by atoms with Gasteiger partial charge in [0.2, 0.25) is 5.75 Å². The molecular formula is C23H30ClN3O5. The molecule has 0 spiro atoms. The molecule has 32 heavy (non-hydrogen) atoms. The Kier molecular flexibility index (Phi) is 10.5. The minimum absolute atomic E-state index is 0. The van der Waals surface area contributed by atoms with Gasteiger partial charge < -0.3 is 29.7 Å². The molecule has 0 saturated carbocycles. The number of nitrogens with two attached hydrogens (primary N) is 1. The van der Waals surface area contributed by atoms with Gasteiger partial charge in [0.25, 0.3) is 11.8 Å². The average Bonchev–Trinajstić information content (AvgIpc) is 2.76. The molecule has 0 bridgehead atoms. The van der Waals surface area contributed by atoms with Gasteiger partial charge in [0, 0.05) is 19.2 Å². The quantitative estimate of drug-likeness (QED) is 0.544. The molecule has 0 aromatic heterocycles. The van der Waals surface area contributed by atoms with E-state index in [1.807, 2.05) is 19.0 Å². The molecule has 2 N–H and O–H groups in total. The maximum atomic E-state index is 13.1. The highest BCUT2D eigenvalue weighted by Gasteiger charge is 2.19. The first kappa shape index (κ1) is 26.8. The van der Waals surface area contributed by atoms with Gasteiger partial charge in [-0.05, 0) is 50.0 Å². The van der Waals surface area contributed by atoms with Crippen LogP contribution in [-0.4, -0.2) is 65.2 Å². The zero-order valence-electron chi connectivity index (χ0n) is 19.0. The van der Waals surface area contributed by atoms with Crippen molar-refractivity contribution in [3.8, 4) is 17.2 Å². The van der Waals surface area contributed by atoms with E-state index < -0.39 is 5.91 Å². The van der Waals surface area contributed by atoms with Gasteiger partial charge in [-0.3, -0.25) is 9.59 Å². The summed E-state index contributed by atoms with van der Waals surface area (Å²) in [6.07, 6.45) is 3.09. The first-order valence-electron chi connectivity index (χ1n) is 9.65. The van der Waals surface area contributed by atoms with Crippen LogP contribution in [-0.2, 0) is 4.79 Å². The van der Waals surface area contributed by atoms with Crippen LogP contribution in [0.3, 0.4) is 0 Å². The number of likely N-dealkylation sites (N-methyl/N-ethyl adjacent to an activating group) is 1. The number of carbonyl (C=O) groups excluding carboxylic acids is 2. The molecule has 8 nitrogen and oxygen atoms in total. The Morgan fingerprint density at radius 3 is 2.06 bits per heavy atom. The van der Waals surface area contributed by atoms with Crippen molar-refractivity contribution in [1.29, 1.82) is 0 Å². The second kappa shape index (κ2) is 12.6. The van der Waals surface area contributed by atoms with Crippen molar-refractivity contribution in [2.24, 2.45) is 5.73 Å². The van der Waals surface area contributed by atoms with Gasteiger partial charge in [-0.25, -0.2) is 0 Å². The number of hydrogen-bond donors (Lipinski definition) is 1. The molecular weight excluding hydrogens is 434 g/mol. The number of anilines is 1. The summed E-state index contributed by atoms with van der Waals surface area (Å²) >= 11 is 0. The summed E-state index contributed by atoms with van der Waals surface area (Å²) in [4.78, 5) is 28.5. The molecule has 0 saturated heterocycles. The molecule has 0 aliphatic rings. The standard InChI is InChI=1S/C23H29N3O5.ClH/c1-25(2)12-13-26(18-9-7-6-8-17(18)23(24)28)21(27)11-10-16-14-19(29-3)22(31-5)20(15-16)30-4;/h6-11,14-15H,12-13H2,1-5H3,(H2,24,28);1H/b11-10+;. The van der Waals surface area contributed by atoms with Gasteiger partial charge in [0.15, 0.2) is 11.5 Å². The number of amides is 2. The fraction of sp³-hybridized carbons (Fsp3) is 0.304. The number of carbonyl (C=O) groups is 2. The number of methoxy groups -OCH3 is 3. The van der Waals surface area contributed by atoms with Crippen molar-refractivity contribution in [3.05, 3.63) is 53.6 Å². The first-order chi connectivity index (χ1) is 14.8. The molecule has 2 rings (SSSR count). The summed E-state index contributed by atoms with van der Waals surface area (Å²) < 4.78 is 16.0. The van der Waals surface area contributed by atoms with E-state index in [2.05, 4.69) is 0 Å². The van der Waals surface area contributed by atoms with E-state index in [0.29, 0.717) is 41.6 Å². The van der Waals surface area contributed by atoms with Gasteiger partial charge in [0.05, 0.1) is 32.6 Å². The van der Waals surface area contributed by atoms with Crippen molar-refractivity contribution in [2.75, 3.05) is 53.4 Å². The van der Waals surface area contributed by atoms with Crippen molar-refractivity contribution in [1.82, 2.24) is 4.90 Å². The molecule has 0 aliphatic carbocycles. The molecule has 0 heterocycles. The molecule has 174 valence electrons. The summed E-state index contributed by atoms with van der Waals surface area (Å²) in [6.45, 7) is 0.993. The number of halogens is 1.